The zero-order valence-electron chi connectivity index (χ0n) is 11.3. The average Bonchev–Trinajstić information content (AvgIpc) is 2.37. The lowest BCUT2D eigenvalue weighted by atomic mass is 9.96. The van der Waals surface area contributed by atoms with E-state index in [1.54, 1.807) is 4.90 Å². The predicted octanol–water partition coefficient (Wildman–Crippen LogP) is -1.31. The Morgan fingerprint density at radius 2 is 2.05 bits per heavy atom. The van der Waals surface area contributed by atoms with Crippen LogP contribution in [0.3, 0.4) is 0 Å². The summed E-state index contributed by atoms with van der Waals surface area (Å²) in [6, 6.07) is -1.33. The molecule has 0 bridgehead atoms. The monoisotopic (exact) mass is 285 g/mol. The van der Waals surface area contributed by atoms with Gasteiger partial charge in [0.1, 0.15) is 6.04 Å². The Labute approximate surface area is 116 Å². The highest BCUT2D eigenvalue weighted by Crippen LogP contribution is 2.17. The minimum Gasteiger partial charge on any atom is -0.480 e. The number of nitrogens with one attached hydrogen (secondary N) is 1. The summed E-state index contributed by atoms with van der Waals surface area (Å²) < 4.78 is 0. The van der Waals surface area contributed by atoms with Crippen LogP contribution in [-0.2, 0) is 19.2 Å². The van der Waals surface area contributed by atoms with Crippen LogP contribution in [-0.4, -0.2) is 52.8 Å². The molecule has 1 fully saturated rings. The highest BCUT2D eigenvalue weighted by Gasteiger charge is 2.30. The van der Waals surface area contributed by atoms with E-state index in [1.807, 2.05) is 0 Å². The van der Waals surface area contributed by atoms with E-state index in [0.717, 1.165) is 0 Å². The maximum Gasteiger partial charge on any atom is 0.326 e. The number of carbonyl (C=O) groups excluding carboxylic acids is 3. The molecule has 0 radical (unpaired) electrons. The molecule has 1 saturated heterocycles. The van der Waals surface area contributed by atoms with Gasteiger partial charge in [-0.3, -0.25) is 14.4 Å². The Morgan fingerprint density at radius 1 is 1.40 bits per heavy atom. The van der Waals surface area contributed by atoms with Gasteiger partial charge in [0.15, 0.2) is 0 Å². The Kier molecular flexibility index (Phi) is 5.48. The fraction of sp³-hybridized carbons (Fsp3) is 0.667. The molecule has 1 aliphatic heterocycles. The first-order valence-electron chi connectivity index (χ1n) is 6.38. The average molecular weight is 285 g/mol. The molecule has 0 saturated carbocycles. The van der Waals surface area contributed by atoms with Crippen LogP contribution in [0.4, 0.5) is 0 Å². The third-order valence-electron chi connectivity index (χ3n) is 3.26. The van der Waals surface area contributed by atoms with Crippen molar-refractivity contribution in [2.24, 2.45) is 11.7 Å². The van der Waals surface area contributed by atoms with E-state index in [1.165, 1.54) is 6.92 Å². The van der Waals surface area contributed by atoms with Gasteiger partial charge in [-0.2, -0.15) is 0 Å². The van der Waals surface area contributed by atoms with E-state index in [-0.39, 0.29) is 12.5 Å². The molecule has 0 aliphatic carbocycles. The first-order chi connectivity index (χ1) is 9.31. The molecule has 112 valence electrons. The third-order valence-corrected chi connectivity index (χ3v) is 3.26. The van der Waals surface area contributed by atoms with Crippen LogP contribution in [0.5, 0.6) is 0 Å². The molecule has 8 heteroatoms. The Hall–Kier alpha value is -2.12. The van der Waals surface area contributed by atoms with E-state index in [2.05, 4.69) is 5.32 Å². The molecule has 1 rings (SSSR count). The lowest BCUT2D eigenvalue weighted by Gasteiger charge is -2.31. The number of likely N-dealkylation sites (tertiary alicyclic amines) is 1. The number of carboxylic acid groups (broad SMARTS) is 1. The topological polar surface area (TPSA) is 130 Å². The third kappa shape index (κ3) is 4.52. The summed E-state index contributed by atoms with van der Waals surface area (Å²) in [5.74, 6) is -3.15. The lowest BCUT2D eigenvalue weighted by molar-refractivity contribution is -0.144. The molecule has 0 aromatic rings. The molecule has 0 aromatic carbocycles. The van der Waals surface area contributed by atoms with E-state index < -0.39 is 36.2 Å². The standard InChI is InChI=1S/C12H19N3O5/c1-7(16)15-4-2-3-8(6-15)11(18)14-9(12(19)20)5-10(13)17/h8-9H,2-6H2,1H3,(H2,13,17)(H,14,18)(H,19,20). The molecule has 0 aromatic heterocycles. The number of piperidine rings is 1. The largest absolute Gasteiger partial charge is 0.480 e. The molecule has 0 spiro atoms. The van der Waals surface area contributed by atoms with Crippen LogP contribution >= 0.6 is 0 Å². The normalized spacial score (nSPS) is 20.1. The van der Waals surface area contributed by atoms with Crippen molar-refractivity contribution in [1.29, 1.82) is 0 Å². The van der Waals surface area contributed by atoms with Crippen LogP contribution in [0.2, 0.25) is 0 Å². The first-order valence-corrected chi connectivity index (χ1v) is 6.38. The van der Waals surface area contributed by atoms with Crippen molar-refractivity contribution < 1.29 is 24.3 Å². The van der Waals surface area contributed by atoms with Gasteiger partial charge in [0, 0.05) is 20.0 Å². The number of hydrogen-bond acceptors (Lipinski definition) is 4. The maximum atomic E-state index is 12.0. The number of hydrogen-bond donors (Lipinski definition) is 3. The molecule has 2 unspecified atom stereocenters. The number of nitrogens with two attached hydrogens (primary N) is 1. The molecular formula is C12H19N3O5. The summed E-state index contributed by atoms with van der Waals surface area (Å²) in [4.78, 5) is 46.5. The maximum absolute atomic E-state index is 12.0. The van der Waals surface area contributed by atoms with Gasteiger partial charge in [-0.05, 0) is 12.8 Å². The first kappa shape index (κ1) is 15.9. The molecule has 20 heavy (non-hydrogen) atoms. The van der Waals surface area contributed by atoms with E-state index in [9.17, 15) is 19.2 Å². The predicted molar refractivity (Wildman–Crippen MR) is 68.4 cm³/mol. The number of nitrogens with zero attached hydrogens (tertiary/aromatic N) is 1. The number of amides is 3. The number of aliphatic carboxylic acids is 1. The number of carboxylic acids is 1. The van der Waals surface area contributed by atoms with Gasteiger partial charge in [-0.25, -0.2) is 4.79 Å². The highest BCUT2D eigenvalue weighted by molar-refractivity contribution is 5.89. The van der Waals surface area contributed by atoms with E-state index in [0.29, 0.717) is 19.4 Å². The fourth-order valence-corrected chi connectivity index (χ4v) is 2.17. The summed E-state index contributed by atoms with van der Waals surface area (Å²) in [6.07, 6.45) is 0.813. The zero-order chi connectivity index (χ0) is 15.3. The van der Waals surface area contributed by atoms with E-state index in [4.69, 9.17) is 10.8 Å². The number of primary amides is 1. The van der Waals surface area contributed by atoms with Crippen molar-refractivity contribution in [3.05, 3.63) is 0 Å². The van der Waals surface area contributed by atoms with Crippen molar-refractivity contribution in [3.63, 3.8) is 0 Å². The second-order valence-electron chi connectivity index (χ2n) is 4.87. The van der Waals surface area contributed by atoms with Gasteiger partial charge in [-0.1, -0.05) is 0 Å². The van der Waals surface area contributed by atoms with Crippen molar-refractivity contribution >= 4 is 23.7 Å². The summed E-state index contributed by atoms with van der Waals surface area (Å²) in [5.41, 5.74) is 4.94. The van der Waals surface area contributed by atoms with Gasteiger partial charge >= 0.3 is 5.97 Å². The van der Waals surface area contributed by atoms with Gasteiger partial charge in [0.05, 0.1) is 12.3 Å². The summed E-state index contributed by atoms with van der Waals surface area (Å²) in [6.45, 7) is 2.29. The summed E-state index contributed by atoms with van der Waals surface area (Å²) in [5, 5.41) is 11.2. The second kappa shape index (κ2) is 6.88. The highest BCUT2D eigenvalue weighted by atomic mass is 16.4. The fourth-order valence-electron chi connectivity index (χ4n) is 2.17. The van der Waals surface area contributed by atoms with Crippen LogP contribution in [0, 0.1) is 5.92 Å². The Balaban J connectivity index is 2.61. The minimum atomic E-state index is -1.33. The van der Waals surface area contributed by atoms with Crippen molar-refractivity contribution in [3.8, 4) is 0 Å². The molecule has 1 aliphatic rings. The van der Waals surface area contributed by atoms with Crippen molar-refractivity contribution in [2.45, 2.75) is 32.2 Å². The molecule has 4 N–H and O–H groups in total. The molecule has 1 heterocycles. The Bertz CT molecular complexity index is 423. The van der Waals surface area contributed by atoms with Crippen LogP contribution in [0.25, 0.3) is 0 Å². The van der Waals surface area contributed by atoms with Crippen LogP contribution in [0.15, 0.2) is 0 Å². The van der Waals surface area contributed by atoms with Crippen molar-refractivity contribution in [2.75, 3.05) is 13.1 Å². The smallest absolute Gasteiger partial charge is 0.326 e. The second-order valence-corrected chi connectivity index (χ2v) is 4.87. The quantitative estimate of drug-likeness (QED) is 0.577. The summed E-state index contributed by atoms with van der Waals surface area (Å²) >= 11 is 0. The van der Waals surface area contributed by atoms with Crippen molar-refractivity contribution in [1.82, 2.24) is 10.2 Å². The summed E-state index contributed by atoms with van der Waals surface area (Å²) in [7, 11) is 0. The van der Waals surface area contributed by atoms with Crippen LogP contribution in [0.1, 0.15) is 26.2 Å². The molecule has 2 atom stereocenters. The minimum absolute atomic E-state index is 0.116. The number of carbonyl (C=O) groups is 4. The van der Waals surface area contributed by atoms with Gasteiger partial charge in [-0.15, -0.1) is 0 Å². The lowest BCUT2D eigenvalue weighted by Crippen LogP contribution is -2.50. The number of rotatable bonds is 5. The van der Waals surface area contributed by atoms with Gasteiger partial charge < -0.3 is 21.1 Å². The Morgan fingerprint density at radius 3 is 2.55 bits per heavy atom. The molecule has 8 nitrogen and oxygen atoms in total. The van der Waals surface area contributed by atoms with Gasteiger partial charge in [0.2, 0.25) is 17.7 Å². The van der Waals surface area contributed by atoms with E-state index >= 15 is 0 Å². The zero-order valence-corrected chi connectivity index (χ0v) is 11.3. The van der Waals surface area contributed by atoms with Gasteiger partial charge in [0.25, 0.3) is 0 Å². The van der Waals surface area contributed by atoms with Crippen LogP contribution < -0.4 is 11.1 Å². The molecule has 3 amide bonds. The molecular weight excluding hydrogens is 266 g/mol. The SMILES string of the molecule is CC(=O)N1CCCC(C(=O)NC(CC(N)=O)C(=O)O)C1.